The molecule has 43 heavy (non-hydrogen) atoms. The number of imidazole rings is 1. The monoisotopic (exact) mass is 577 g/mol. The first-order valence-electron chi connectivity index (χ1n) is 16.1. The third-order valence-electron chi connectivity index (χ3n) is 11.0. The fraction of sp³-hybridized carbons (Fsp3) is 0.472. The highest BCUT2D eigenvalue weighted by Gasteiger charge is 2.44. The van der Waals surface area contributed by atoms with Gasteiger partial charge in [0.1, 0.15) is 11.4 Å². The van der Waals surface area contributed by atoms with E-state index in [-0.39, 0.29) is 11.3 Å². The summed E-state index contributed by atoms with van der Waals surface area (Å²) in [5, 5.41) is 12.3. The van der Waals surface area contributed by atoms with Crippen LogP contribution in [0.4, 0.5) is 0 Å². The molecule has 2 aromatic carbocycles. The number of hydrogen-bond donors (Lipinski definition) is 0. The van der Waals surface area contributed by atoms with E-state index >= 15 is 0 Å². The van der Waals surface area contributed by atoms with E-state index in [4.69, 9.17) is 4.98 Å². The van der Waals surface area contributed by atoms with Gasteiger partial charge in [0.2, 0.25) is 5.69 Å². The van der Waals surface area contributed by atoms with Crippen molar-refractivity contribution in [2.24, 2.45) is 0 Å². The molecule has 0 aliphatic carbocycles. The third kappa shape index (κ3) is 4.92. The molecule has 3 fully saturated rings. The van der Waals surface area contributed by atoms with Gasteiger partial charge in [0.05, 0.1) is 11.0 Å². The number of rotatable bonds is 6. The molecule has 224 valence electrons. The molecular formula is C36H43N5O2. The van der Waals surface area contributed by atoms with Crippen molar-refractivity contribution in [2.75, 3.05) is 19.6 Å². The van der Waals surface area contributed by atoms with Gasteiger partial charge in [-0.15, -0.1) is 0 Å². The van der Waals surface area contributed by atoms with E-state index in [9.17, 15) is 10.0 Å². The van der Waals surface area contributed by atoms with Gasteiger partial charge in [-0.3, -0.25) is 9.69 Å². The fourth-order valence-electron chi connectivity index (χ4n) is 8.65. The van der Waals surface area contributed by atoms with Crippen LogP contribution < -0.4 is 4.73 Å². The number of carbonyl (C=O) groups excluding carboxylic acids is 1. The summed E-state index contributed by atoms with van der Waals surface area (Å²) in [6.45, 7) is 8.35. The summed E-state index contributed by atoms with van der Waals surface area (Å²) < 4.78 is 3.33. The van der Waals surface area contributed by atoms with E-state index in [0.717, 1.165) is 47.4 Å². The zero-order valence-electron chi connectivity index (χ0n) is 25.7. The normalized spacial score (nSPS) is 23.6. The number of amides is 1. The second-order valence-electron chi connectivity index (χ2n) is 13.2. The molecule has 5 heterocycles. The average Bonchev–Trinajstić information content (AvgIpc) is 3.49. The van der Waals surface area contributed by atoms with E-state index in [1.807, 2.05) is 11.8 Å². The van der Waals surface area contributed by atoms with E-state index in [2.05, 4.69) is 71.0 Å². The number of para-hydroxylation sites is 2. The van der Waals surface area contributed by atoms with E-state index < -0.39 is 0 Å². The Morgan fingerprint density at radius 3 is 2.33 bits per heavy atom. The summed E-state index contributed by atoms with van der Waals surface area (Å²) in [7, 11) is 0. The lowest BCUT2D eigenvalue weighted by Crippen LogP contribution is -2.49. The number of nitrogens with zero attached hydrogens (tertiary/aromatic N) is 5. The second-order valence-corrected chi connectivity index (χ2v) is 13.2. The summed E-state index contributed by atoms with van der Waals surface area (Å²) in [6.07, 6.45) is 9.42. The first-order chi connectivity index (χ1) is 20.8. The van der Waals surface area contributed by atoms with Crippen LogP contribution in [0.15, 0.2) is 66.9 Å². The summed E-state index contributed by atoms with van der Waals surface area (Å²) in [4.78, 5) is 23.3. The van der Waals surface area contributed by atoms with Crippen LogP contribution in [0, 0.1) is 26.0 Å². The maximum atomic E-state index is 13.6. The molecule has 3 aliphatic heterocycles. The molecule has 3 atom stereocenters. The van der Waals surface area contributed by atoms with Crippen LogP contribution in [0.5, 0.6) is 0 Å². The van der Waals surface area contributed by atoms with Crippen LogP contribution in [0.2, 0.25) is 0 Å². The molecule has 1 unspecified atom stereocenters. The van der Waals surface area contributed by atoms with Gasteiger partial charge in [-0.05, 0) is 94.0 Å². The highest BCUT2D eigenvalue weighted by Crippen LogP contribution is 2.45. The van der Waals surface area contributed by atoms with Crippen molar-refractivity contribution in [3.05, 3.63) is 100 Å². The topological polar surface area (TPSA) is 68.3 Å². The average molecular weight is 578 g/mol. The molecule has 3 aliphatic rings. The molecule has 7 rings (SSSR count). The largest absolute Gasteiger partial charge is 0.618 e. The molecular weight excluding hydrogens is 534 g/mol. The lowest BCUT2D eigenvalue weighted by atomic mass is 9.70. The third-order valence-corrected chi connectivity index (χ3v) is 11.0. The molecule has 4 aromatic rings. The number of hydrogen-bond acceptors (Lipinski definition) is 4. The minimum Gasteiger partial charge on any atom is -0.618 e. The van der Waals surface area contributed by atoms with Gasteiger partial charge in [-0.2, -0.15) is 4.73 Å². The molecule has 7 nitrogen and oxygen atoms in total. The molecule has 0 spiro atoms. The van der Waals surface area contributed by atoms with Gasteiger partial charge in [-0.1, -0.05) is 42.5 Å². The molecule has 0 radical (unpaired) electrons. The number of carbonyl (C=O) groups is 1. The Hall–Kier alpha value is -3.71. The van der Waals surface area contributed by atoms with Crippen LogP contribution in [-0.2, 0) is 5.41 Å². The predicted molar refractivity (Wildman–Crippen MR) is 169 cm³/mol. The van der Waals surface area contributed by atoms with Crippen LogP contribution in [0.3, 0.4) is 0 Å². The Morgan fingerprint density at radius 1 is 0.930 bits per heavy atom. The lowest BCUT2D eigenvalue weighted by Gasteiger charge is -2.45. The van der Waals surface area contributed by atoms with Crippen LogP contribution in [0.25, 0.3) is 11.0 Å². The molecule has 0 saturated carbocycles. The minimum atomic E-state index is -0.00991. The predicted octanol–water partition coefficient (Wildman–Crippen LogP) is 6.03. The number of piperidine rings is 2. The summed E-state index contributed by atoms with van der Waals surface area (Å²) in [6, 6.07) is 23.1. The molecule has 7 heteroatoms. The van der Waals surface area contributed by atoms with Crippen molar-refractivity contribution in [3.8, 4) is 0 Å². The van der Waals surface area contributed by atoms with Crippen LogP contribution in [-0.4, -0.2) is 57.0 Å². The zero-order valence-corrected chi connectivity index (χ0v) is 25.7. The van der Waals surface area contributed by atoms with Crippen LogP contribution >= 0.6 is 0 Å². The summed E-state index contributed by atoms with van der Waals surface area (Å²) >= 11 is 0. The number of aryl methyl sites for hydroxylation is 2. The van der Waals surface area contributed by atoms with Gasteiger partial charge >= 0.3 is 0 Å². The first kappa shape index (κ1) is 28.1. The smallest absolute Gasteiger partial charge is 0.260 e. The van der Waals surface area contributed by atoms with E-state index in [0.29, 0.717) is 42.5 Å². The van der Waals surface area contributed by atoms with Crippen LogP contribution in [0.1, 0.15) is 84.0 Å². The maximum absolute atomic E-state index is 13.6. The second kappa shape index (κ2) is 11.1. The number of fused-ring (bicyclic) bond motifs is 3. The Morgan fingerprint density at radius 2 is 1.60 bits per heavy atom. The SMILES string of the molecule is Cc1cc[n+]([O-])c(C)c1C(=O)N1CCC(CCN2[C@@H]3CC[C@H]2CC(n2c(C)nc4ccccc42)C3)(c2ccccc2)CC1. The Kier molecular flexibility index (Phi) is 7.24. The van der Waals surface area contributed by atoms with Crippen molar-refractivity contribution in [1.82, 2.24) is 19.4 Å². The van der Waals surface area contributed by atoms with E-state index in [1.54, 1.807) is 13.0 Å². The van der Waals surface area contributed by atoms with Gasteiger partial charge in [-0.25, -0.2) is 4.98 Å². The maximum Gasteiger partial charge on any atom is 0.260 e. The fourth-order valence-corrected chi connectivity index (χ4v) is 8.65. The van der Waals surface area contributed by atoms with Crippen molar-refractivity contribution in [1.29, 1.82) is 0 Å². The molecule has 2 bridgehead atoms. The van der Waals surface area contributed by atoms with Crippen molar-refractivity contribution >= 4 is 16.9 Å². The number of pyridine rings is 1. The number of benzene rings is 2. The summed E-state index contributed by atoms with van der Waals surface area (Å²) in [5.74, 6) is 1.12. The van der Waals surface area contributed by atoms with Crippen molar-refractivity contribution in [2.45, 2.75) is 89.3 Å². The standard InChI is InChI=1S/C36H43N5O2/c1-25-15-19-40(43)26(2)34(25)35(42)38-20-16-36(17-21-38,28-9-5-4-6-10-28)18-22-39-29-13-14-30(39)24-31(23-29)41-27(3)37-32-11-7-8-12-33(32)41/h4-12,15,19,29-31H,13-14,16-18,20-24H2,1-3H3/t29-,30+,31?. The van der Waals surface area contributed by atoms with Crippen molar-refractivity contribution in [3.63, 3.8) is 0 Å². The minimum absolute atomic E-state index is 0.00991. The summed E-state index contributed by atoms with van der Waals surface area (Å²) in [5.41, 5.74) is 5.74. The van der Waals surface area contributed by atoms with Gasteiger partial charge < -0.3 is 14.7 Å². The van der Waals surface area contributed by atoms with E-state index in [1.165, 1.54) is 43.0 Å². The Balaban J connectivity index is 1.07. The first-order valence-corrected chi connectivity index (χ1v) is 16.1. The Bertz CT molecular complexity index is 1620. The molecule has 0 N–H and O–H groups in total. The van der Waals surface area contributed by atoms with Crippen molar-refractivity contribution < 1.29 is 9.52 Å². The highest BCUT2D eigenvalue weighted by atomic mass is 16.5. The quantitative estimate of drug-likeness (QED) is 0.207. The zero-order chi connectivity index (χ0) is 29.7. The number of aromatic nitrogens is 3. The molecule has 3 saturated heterocycles. The van der Waals surface area contributed by atoms with Gasteiger partial charge in [0.25, 0.3) is 5.91 Å². The lowest BCUT2D eigenvalue weighted by molar-refractivity contribution is -0.612. The number of likely N-dealkylation sites (tertiary alicyclic amines) is 1. The molecule has 2 aromatic heterocycles. The van der Waals surface area contributed by atoms with Gasteiger partial charge in [0.15, 0.2) is 6.20 Å². The Labute approximate surface area is 254 Å². The highest BCUT2D eigenvalue weighted by molar-refractivity contribution is 5.96. The molecule has 1 amide bonds. The van der Waals surface area contributed by atoms with Gasteiger partial charge in [0, 0.05) is 44.2 Å².